The van der Waals surface area contributed by atoms with Crippen molar-refractivity contribution in [2.75, 3.05) is 0 Å². The Bertz CT molecular complexity index is 415. The highest BCUT2D eigenvalue weighted by Gasteiger charge is 2.37. The lowest BCUT2D eigenvalue weighted by atomic mass is 9.90. The maximum Gasteiger partial charge on any atom is 0.312 e. The van der Waals surface area contributed by atoms with Gasteiger partial charge in [-0.15, -0.1) is 0 Å². The van der Waals surface area contributed by atoms with Crippen LogP contribution in [0.4, 0.5) is 5.69 Å². The van der Waals surface area contributed by atoms with E-state index in [1.54, 1.807) is 0 Å². The van der Waals surface area contributed by atoms with Crippen molar-refractivity contribution in [2.24, 2.45) is 0 Å². The Morgan fingerprint density at radius 2 is 2.06 bits per heavy atom. The summed E-state index contributed by atoms with van der Waals surface area (Å²) in [6, 6.07) is 0. The lowest BCUT2D eigenvalue weighted by Gasteiger charge is -2.24. The fourth-order valence-corrected chi connectivity index (χ4v) is 2.02. The number of hydrogen-bond donors (Lipinski definition) is 2. The molecule has 6 heteroatoms. The van der Waals surface area contributed by atoms with Crippen LogP contribution in [0.2, 0.25) is 0 Å². The summed E-state index contributed by atoms with van der Waals surface area (Å²) in [6.45, 7) is 0. The summed E-state index contributed by atoms with van der Waals surface area (Å²) < 4.78 is 0. The topological polar surface area (TPSA) is 92.0 Å². The lowest BCUT2D eigenvalue weighted by molar-refractivity contribution is -0.386. The van der Waals surface area contributed by atoms with Gasteiger partial charge in [0.05, 0.1) is 4.92 Å². The normalized spacial score (nSPS) is 19.3. The molecule has 6 nitrogen and oxygen atoms in total. The number of hydrogen-bond acceptors (Lipinski definition) is 4. The first-order valence-corrected chi connectivity index (χ1v) is 5.19. The van der Waals surface area contributed by atoms with E-state index in [0.717, 1.165) is 6.20 Å². The molecule has 1 aromatic heterocycles. The van der Waals surface area contributed by atoms with Crippen LogP contribution in [0.5, 0.6) is 0 Å². The molecule has 0 amide bonds. The summed E-state index contributed by atoms with van der Waals surface area (Å²) >= 11 is 0. The first-order chi connectivity index (χ1) is 7.63. The molecule has 0 saturated heterocycles. The van der Waals surface area contributed by atoms with Crippen molar-refractivity contribution in [3.05, 3.63) is 34.2 Å². The molecule has 1 heterocycles. The molecule has 0 unspecified atom stereocenters. The number of allylic oxidation sites excluding steroid dienone is 2. The minimum atomic E-state index is -1.16. The monoisotopic (exact) mass is 223 g/mol. The molecule has 0 saturated carbocycles. The fraction of sp³-hybridized carbons (Fsp3) is 0.500. The summed E-state index contributed by atoms with van der Waals surface area (Å²) in [6.07, 6.45) is 7.50. The summed E-state index contributed by atoms with van der Waals surface area (Å²) in [4.78, 5) is 10.3. The van der Waals surface area contributed by atoms with Crippen LogP contribution in [0.3, 0.4) is 0 Å². The molecule has 16 heavy (non-hydrogen) atoms. The van der Waals surface area contributed by atoms with Crippen molar-refractivity contribution in [1.82, 2.24) is 10.2 Å². The molecule has 1 aliphatic rings. The summed E-state index contributed by atoms with van der Waals surface area (Å²) in [7, 11) is 0. The molecule has 2 N–H and O–H groups in total. The molecular formula is C10H13N3O3. The molecule has 2 rings (SSSR count). The maximum absolute atomic E-state index is 10.8. The van der Waals surface area contributed by atoms with Gasteiger partial charge in [0.1, 0.15) is 17.5 Å². The molecule has 0 bridgehead atoms. The number of H-pyrrole nitrogens is 1. The van der Waals surface area contributed by atoms with Crippen LogP contribution >= 0.6 is 0 Å². The van der Waals surface area contributed by atoms with Gasteiger partial charge < -0.3 is 5.11 Å². The Hall–Kier alpha value is -1.69. The zero-order valence-electron chi connectivity index (χ0n) is 8.72. The van der Waals surface area contributed by atoms with Crippen LogP contribution in [0, 0.1) is 10.1 Å². The number of aromatic amines is 1. The van der Waals surface area contributed by atoms with Crippen LogP contribution in [0.15, 0.2) is 18.3 Å². The molecule has 0 radical (unpaired) electrons. The molecule has 0 aliphatic heterocycles. The Labute approximate surface area is 92.1 Å². The fourth-order valence-electron chi connectivity index (χ4n) is 2.02. The van der Waals surface area contributed by atoms with E-state index >= 15 is 0 Å². The van der Waals surface area contributed by atoms with Gasteiger partial charge in [-0.2, -0.15) is 5.10 Å². The van der Waals surface area contributed by atoms with Crippen molar-refractivity contribution in [3.8, 4) is 0 Å². The molecule has 1 aromatic rings. The zero-order valence-corrected chi connectivity index (χ0v) is 8.72. The maximum atomic E-state index is 10.8. The first kappa shape index (κ1) is 10.8. The third-order valence-electron chi connectivity index (χ3n) is 2.90. The summed E-state index contributed by atoms with van der Waals surface area (Å²) in [5.74, 6) is 0. The quantitative estimate of drug-likeness (QED) is 0.453. The summed E-state index contributed by atoms with van der Waals surface area (Å²) in [5.41, 5.74) is -1.08. The average molecular weight is 223 g/mol. The van der Waals surface area contributed by atoms with E-state index in [4.69, 9.17) is 0 Å². The molecule has 0 atom stereocenters. The van der Waals surface area contributed by atoms with E-state index < -0.39 is 10.5 Å². The van der Waals surface area contributed by atoms with Gasteiger partial charge in [-0.3, -0.25) is 15.2 Å². The van der Waals surface area contributed by atoms with Crippen molar-refractivity contribution < 1.29 is 10.0 Å². The molecular weight excluding hydrogens is 210 g/mol. The van der Waals surface area contributed by atoms with Crippen LogP contribution in [0.25, 0.3) is 0 Å². The van der Waals surface area contributed by atoms with Crippen LogP contribution in [-0.2, 0) is 5.60 Å². The van der Waals surface area contributed by atoms with Gasteiger partial charge in [-0.25, -0.2) is 0 Å². The zero-order chi connectivity index (χ0) is 11.6. The second-order valence-corrected chi connectivity index (χ2v) is 3.97. The van der Waals surface area contributed by atoms with Gasteiger partial charge >= 0.3 is 5.69 Å². The lowest BCUT2D eigenvalue weighted by Crippen LogP contribution is -2.26. The SMILES string of the molecule is O=[N+]([O-])c1cn[nH]c1C1(O)CCC=CCC1. The molecule has 0 aromatic carbocycles. The van der Waals surface area contributed by atoms with Crippen molar-refractivity contribution in [3.63, 3.8) is 0 Å². The number of aliphatic hydroxyl groups is 1. The molecule has 0 fully saturated rings. The highest BCUT2D eigenvalue weighted by Crippen LogP contribution is 2.36. The smallest absolute Gasteiger partial charge is 0.312 e. The number of aromatic nitrogens is 2. The predicted molar refractivity (Wildman–Crippen MR) is 56.7 cm³/mol. The number of rotatable bonds is 2. The second kappa shape index (κ2) is 4.05. The highest BCUT2D eigenvalue weighted by molar-refractivity contribution is 5.36. The van der Waals surface area contributed by atoms with E-state index in [-0.39, 0.29) is 11.4 Å². The highest BCUT2D eigenvalue weighted by atomic mass is 16.6. The molecule has 86 valence electrons. The van der Waals surface area contributed by atoms with Crippen molar-refractivity contribution >= 4 is 5.69 Å². The van der Waals surface area contributed by atoms with Crippen LogP contribution < -0.4 is 0 Å². The Morgan fingerprint density at radius 1 is 1.44 bits per heavy atom. The van der Waals surface area contributed by atoms with E-state index in [1.165, 1.54) is 0 Å². The van der Waals surface area contributed by atoms with Gasteiger partial charge in [0.15, 0.2) is 0 Å². The number of nitrogens with one attached hydrogen (secondary N) is 1. The first-order valence-electron chi connectivity index (χ1n) is 5.19. The molecule has 1 aliphatic carbocycles. The van der Waals surface area contributed by atoms with E-state index in [9.17, 15) is 15.2 Å². The standard InChI is InChI=1S/C10H13N3O3/c14-10(5-3-1-2-4-6-10)9-8(13(15)16)7-11-12-9/h1-2,7,14H,3-6H2,(H,11,12). The van der Waals surface area contributed by atoms with Crippen LogP contribution in [-0.4, -0.2) is 20.2 Å². The Kier molecular flexibility index (Phi) is 2.74. The minimum absolute atomic E-state index is 0.135. The Balaban J connectivity index is 2.34. The van der Waals surface area contributed by atoms with Gasteiger partial charge in [-0.1, -0.05) is 12.2 Å². The van der Waals surface area contributed by atoms with E-state index in [1.807, 2.05) is 12.2 Å². The third-order valence-corrected chi connectivity index (χ3v) is 2.90. The molecule has 0 spiro atoms. The predicted octanol–water partition coefficient (Wildman–Crippen LogP) is 1.64. The van der Waals surface area contributed by atoms with Crippen molar-refractivity contribution in [2.45, 2.75) is 31.3 Å². The van der Waals surface area contributed by atoms with E-state index in [2.05, 4.69) is 10.2 Å². The average Bonchev–Trinajstić information content (AvgIpc) is 2.64. The van der Waals surface area contributed by atoms with Gasteiger partial charge in [-0.05, 0) is 25.7 Å². The van der Waals surface area contributed by atoms with Crippen molar-refractivity contribution in [1.29, 1.82) is 0 Å². The second-order valence-electron chi connectivity index (χ2n) is 3.97. The van der Waals surface area contributed by atoms with Gasteiger partial charge in [0, 0.05) is 0 Å². The minimum Gasteiger partial charge on any atom is -0.383 e. The summed E-state index contributed by atoms with van der Waals surface area (Å²) in [5, 5.41) is 27.4. The Morgan fingerprint density at radius 3 is 2.62 bits per heavy atom. The largest absolute Gasteiger partial charge is 0.383 e. The van der Waals surface area contributed by atoms with Gasteiger partial charge in [0.25, 0.3) is 0 Å². The third kappa shape index (κ3) is 1.83. The number of nitro groups is 1. The number of nitrogens with zero attached hydrogens (tertiary/aromatic N) is 2. The van der Waals surface area contributed by atoms with Crippen LogP contribution in [0.1, 0.15) is 31.4 Å². The van der Waals surface area contributed by atoms with E-state index in [0.29, 0.717) is 25.7 Å². The van der Waals surface area contributed by atoms with Gasteiger partial charge in [0.2, 0.25) is 0 Å².